The summed E-state index contributed by atoms with van der Waals surface area (Å²) in [5.41, 5.74) is 2.06. The van der Waals surface area contributed by atoms with Crippen molar-refractivity contribution in [1.82, 2.24) is 4.57 Å². The molecule has 14 radical (unpaired) electrons. The van der Waals surface area contributed by atoms with Gasteiger partial charge >= 0.3 is 7.12 Å². The molecule has 0 fully saturated rings. The SMILES string of the molecule is [B]c1c([B])c([B])c2c(c1[B])c1c([B])c(B(O)O)c([B])c([B])c1n2-c1ccccc1. The maximum absolute atomic E-state index is 9.82. The van der Waals surface area contributed by atoms with Crippen LogP contribution >= 0.6 is 0 Å². The molecule has 0 aliphatic heterocycles. The zero-order valence-electron chi connectivity index (χ0n) is 15.3. The second-order valence-electron chi connectivity index (χ2n) is 6.80. The van der Waals surface area contributed by atoms with Crippen LogP contribution < -0.4 is 43.7 Å². The predicted octanol–water partition coefficient (Wildman–Crippen LogP) is -5.98. The van der Waals surface area contributed by atoms with Gasteiger partial charge in [0.1, 0.15) is 54.9 Å². The Kier molecular flexibility index (Phi) is 4.87. The fourth-order valence-corrected chi connectivity index (χ4v) is 3.83. The maximum Gasteiger partial charge on any atom is 0.487 e. The fourth-order valence-electron chi connectivity index (χ4n) is 3.83. The molecule has 0 aliphatic rings. The standard InChI is InChI=1S/C18H7B8NO2/c19-9-7-8-10(20)16(26(28)29)13(23)15(25)18(8)27(6-4-2-1-3-5-6)17(7)14(24)12(22)11(9)21/h1-5,28-29H. The molecular weight excluding hydrogens is 349 g/mol. The van der Waals surface area contributed by atoms with E-state index in [-0.39, 0.29) is 43.7 Å². The third kappa shape index (κ3) is 2.71. The van der Waals surface area contributed by atoms with Crippen LogP contribution in [0.4, 0.5) is 0 Å². The average Bonchev–Trinajstić information content (AvgIpc) is 3.06. The molecule has 11 heteroatoms. The van der Waals surface area contributed by atoms with Gasteiger partial charge in [0.05, 0.1) is 0 Å². The summed E-state index contributed by atoms with van der Waals surface area (Å²) in [7, 11) is 41.6. The summed E-state index contributed by atoms with van der Waals surface area (Å²) >= 11 is 0. The highest BCUT2D eigenvalue weighted by molar-refractivity contribution is 6.76. The monoisotopic (exact) mass is 357 g/mol. The summed E-state index contributed by atoms with van der Waals surface area (Å²) in [5, 5.41) is 20.4. The molecule has 2 N–H and O–H groups in total. The first kappa shape index (κ1) is 20.2. The highest BCUT2D eigenvalue weighted by atomic mass is 16.4. The molecule has 0 atom stereocenters. The first-order chi connectivity index (χ1) is 13.7. The number of hydrogen-bond donors (Lipinski definition) is 2. The number of nitrogens with zero attached hydrogens (tertiary/aromatic N) is 1. The molecule has 29 heavy (non-hydrogen) atoms. The fraction of sp³-hybridized carbons (Fsp3) is 0. The second-order valence-corrected chi connectivity index (χ2v) is 6.80. The van der Waals surface area contributed by atoms with Gasteiger partial charge in [0.2, 0.25) is 0 Å². The minimum atomic E-state index is -1.94. The molecule has 4 aromatic rings. The van der Waals surface area contributed by atoms with Gasteiger partial charge in [-0.15, -0.1) is 16.4 Å². The lowest BCUT2D eigenvalue weighted by atomic mass is 9.59. The molecule has 0 saturated heterocycles. The van der Waals surface area contributed by atoms with Crippen molar-refractivity contribution >= 4 is 128 Å². The molecule has 0 amide bonds. The van der Waals surface area contributed by atoms with Crippen LogP contribution in [0.15, 0.2) is 30.3 Å². The molecule has 3 nitrogen and oxygen atoms in total. The summed E-state index contributed by atoms with van der Waals surface area (Å²) in [4.78, 5) is 0. The third-order valence-corrected chi connectivity index (χ3v) is 5.23. The van der Waals surface area contributed by atoms with Gasteiger partial charge in [0.15, 0.2) is 0 Å². The number of fused-ring (bicyclic) bond motifs is 3. The van der Waals surface area contributed by atoms with Crippen LogP contribution in [0.5, 0.6) is 0 Å². The number of rotatable bonds is 2. The van der Waals surface area contributed by atoms with Gasteiger partial charge in [0.25, 0.3) is 0 Å². The maximum atomic E-state index is 9.82. The van der Waals surface area contributed by atoms with Gasteiger partial charge in [-0.3, -0.25) is 0 Å². The minimum Gasteiger partial charge on any atom is -0.423 e. The molecule has 1 aromatic heterocycles. The molecule has 0 spiro atoms. The van der Waals surface area contributed by atoms with Gasteiger partial charge in [-0.05, 0) is 28.4 Å². The van der Waals surface area contributed by atoms with Crippen molar-refractivity contribution in [2.45, 2.75) is 0 Å². The Bertz CT molecular complexity index is 1300. The van der Waals surface area contributed by atoms with Crippen molar-refractivity contribution in [3.05, 3.63) is 30.3 Å². The molecule has 0 unspecified atom stereocenters. The highest BCUT2D eigenvalue weighted by Crippen LogP contribution is 2.26. The predicted molar refractivity (Wildman–Crippen MR) is 128 cm³/mol. The van der Waals surface area contributed by atoms with Crippen molar-refractivity contribution in [3.8, 4) is 5.69 Å². The first-order valence-electron chi connectivity index (χ1n) is 8.66. The minimum absolute atomic E-state index is 0.0108. The zero-order chi connectivity index (χ0) is 21.2. The Morgan fingerprint density at radius 1 is 0.586 bits per heavy atom. The van der Waals surface area contributed by atoms with E-state index in [1.165, 1.54) is 0 Å². The smallest absolute Gasteiger partial charge is 0.423 e. The van der Waals surface area contributed by atoms with E-state index < -0.39 is 7.12 Å². The van der Waals surface area contributed by atoms with E-state index >= 15 is 0 Å². The van der Waals surface area contributed by atoms with Gasteiger partial charge in [-0.25, -0.2) is 0 Å². The topological polar surface area (TPSA) is 45.4 Å². The largest absolute Gasteiger partial charge is 0.487 e. The highest BCUT2D eigenvalue weighted by Gasteiger charge is 2.26. The lowest BCUT2D eigenvalue weighted by Gasteiger charge is -2.18. The Morgan fingerprint density at radius 2 is 1.07 bits per heavy atom. The molecule has 0 saturated carbocycles. The zero-order valence-corrected chi connectivity index (χ0v) is 15.3. The summed E-state index contributed by atoms with van der Waals surface area (Å²) in [6.45, 7) is 0. The van der Waals surface area contributed by atoms with E-state index in [1.54, 1.807) is 4.57 Å². The second kappa shape index (κ2) is 7.00. The lowest BCUT2D eigenvalue weighted by Crippen LogP contribution is -2.56. The van der Waals surface area contributed by atoms with Crippen LogP contribution in [-0.2, 0) is 0 Å². The molecule has 1 heterocycles. The molecule has 3 aromatic carbocycles. The van der Waals surface area contributed by atoms with Crippen molar-refractivity contribution in [1.29, 1.82) is 0 Å². The van der Waals surface area contributed by atoms with E-state index in [4.69, 9.17) is 54.9 Å². The van der Waals surface area contributed by atoms with E-state index in [1.807, 2.05) is 30.3 Å². The Morgan fingerprint density at radius 3 is 1.62 bits per heavy atom. The Balaban J connectivity index is 2.43. The summed E-state index contributed by atoms with van der Waals surface area (Å²) in [6.07, 6.45) is 0. The van der Waals surface area contributed by atoms with Gasteiger partial charge < -0.3 is 14.6 Å². The van der Waals surface area contributed by atoms with Crippen molar-refractivity contribution in [2.75, 3.05) is 0 Å². The van der Waals surface area contributed by atoms with Gasteiger partial charge in [-0.1, -0.05) is 40.1 Å². The van der Waals surface area contributed by atoms with E-state index in [0.29, 0.717) is 27.5 Å². The molecule has 0 aliphatic carbocycles. The molecule has 120 valence electrons. The number of para-hydroxylation sites is 1. The van der Waals surface area contributed by atoms with Crippen molar-refractivity contribution < 1.29 is 10.0 Å². The summed E-state index contributed by atoms with van der Waals surface area (Å²) in [6, 6.07) is 9.20. The van der Waals surface area contributed by atoms with Crippen LogP contribution in [0.2, 0.25) is 0 Å². The van der Waals surface area contributed by atoms with Gasteiger partial charge in [-0.2, -0.15) is 0 Å². The number of aromatic nitrogens is 1. The lowest BCUT2D eigenvalue weighted by molar-refractivity contribution is 0.426. The summed E-state index contributed by atoms with van der Waals surface area (Å²) in [5.74, 6) is 0. The Labute approximate surface area is 178 Å². The quantitative estimate of drug-likeness (QED) is 0.352. The van der Waals surface area contributed by atoms with Crippen molar-refractivity contribution in [3.63, 3.8) is 0 Å². The van der Waals surface area contributed by atoms with Crippen molar-refractivity contribution in [2.24, 2.45) is 0 Å². The number of benzene rings is 3. The van der Waals surface area contributed by atoms with Crippen LogP contribution in [0.1, 0.15) is 0 Å². The van der Waals surface area contributed by atoms with Crippen LogP contribution in [0.3, 0.4) is 0 Å². The van der Waals surface area contributed by atoms with Gasteiger partial charge in [0, 0.05) is 16.7 Å². The number of hydrogen-bond acceptors (Lipinski definition) is 2. The average molecular weight is 356 g/mol. The summed E-state index contributed by atoms with van der Waals surface area (Å²) < 4.78 is 1.74. The van der Waals surface area contributed by atoms with Crippen LogP contribution in [-0.4, -0.2) is 76.7 Å². The molecule has 4 rings (SSSR count). The van der Waals surface area contributed by atoms with E-state index in [2.05, 4.69) is 0 Å². The van der Waals surface area contributed by atoms with E-state index in [9.17, 15) is 10.0 Å². The first-order valence-corrected chi connectivity index (χ1v) is 8.66. The van der Waals surface area contributed by atoms with Crippen LogP contribution in [0.25, 0.3) is 27.5 Å². The van der Waals surface area contributed by atoms with Crippen LogP contribution in [0, 0.1) is 0 Å². The molecule has 0 bridgehead atoms. The third-order valence-electron chi connectivity index (χ3n) is 5.23. The normalized spacial score (nSPS) is 11.4. The van der Waals surface area contributed by atoms with E-state index in [0.717, 1.165) is 0 Å². The Hall–Kier alpha value is -2.10. The molecular formula is C18H7B8NO2.